The molecule has 7 nitrogen and oxygen atoms in total. The molecule has 3 amide bonds. The van der Waals surface area contributed by atoms with Crippen molar-refractivity contribution in [2.75, 3.05) is 32.8 Å². The molecule has 3 fully saturated rings. The molecule has 4 rings (SSSR count). The van der Waals surface area contributed by atoms with E-state index < -0.39 is 11.8 Å². The Labute approximate surface area is 188 Å². The molecular formula is C23H30ClN3O4. The molecule has 2 heterocycles. The Balaban J connectivity index is 1.59. The Morgan fingerprint density at radius 3 is 2.32 bits per heavy atom. The van der Waals surface area contributed by atoms with Crippen LogP contribution < -0.4 is 0 Å². The van der Waals surface area contributed by atoms with Crippen molar-refractivity contribution in [1.29, 1.82) is 0 Å². The topological polar surface area (TPSA) is 70.2 Å². The molecule has 0 unspecified atom stereocenters. The Bertz CT molecular complexity index is 860. The third-order valence-corrected chi connectivity index (χ3v) is 7.16. The monoisotopic (exact) mass is 447 g/mol. The van der Waals surface area contributed by atoms with E-state index in [9.17, 15) is 14.4 Å². The van der Waals surface area contributed by atoms with Crippen molar-refractivity contribution in [1.82, 2.24) is 14.7 Å². The molecule has 168 valence electrons. The lowest BCUT2D eigenvalue weighted by molar-refractivity contribution is -0.142. The standard InChI is InChI=1S/C23H30ClN3O4/c1-16-6-8-23(9-7-16)27(21(29)18-4-3-5-19(24)14-18)20(15-31-23)22(30)26-12-10-25(11-13-26)17(2)28/h3-5,14,16,20H,6-13,15H2,1-2H3/t16?,20-,23?/m0/s1. The highest BCUT2D eigenvalue weighted by atomic mass is 35.5. The summed E-state index contributed by atoms with van der Waals surface area (Å²) in [6.07, 6.45) is 3.36. The van der Waals surface area contributed by atoms with Crippen molar-refractivity contribution in [3.05, 3.63) is 34.9 Å². The number of amides is 3. The molecule has 1 aromatic carbocycles. The van der Waals surface area contributed by atoms with Crippen molar-refractivity contribution in [2.24, 2.45) is 5.92 Å². The average molecular weight is 448 g/mol. The zero-order chi connectivity index (χ0) is 22.2. The smallest absolute Gasteiger partial charge is 0.256 e. The molecule has 0 aromatic heterocycles. The van der Waals surface area contributed by atoms with E-state index in [0.717, 1.165) is 25.7 Å². The summed E-state index contributed by atoms with van der Waals surface area (Å²) in [6, 6.07) is 6.20. The van der Waals surface area contributed by atoms with Crippen LogP contribution in [0.15, 0.2) is 24.3 Å². The summed E-state index contributed by atoms with van der Waals surface area (Å²) in [5.74, 6) is 0.278. The lowest BCUT2D eigenvalue weighted by Gasteiger charge is -2.44. The minimum absolute atomic E-state index is 0.0179. The first-order valence-corrected chi connectivity index (χ1v) is 11.5. The van der Waals surface area contributed by atoms with Crippen LogP contribution in [0.25, 0.3) is 0 Å². The van der Waals surface area contributed by atoms with E-state index in [1.165, 1.54) is 0 Å². The van der Waals surface area contributed by atoms with Gasteiger partial charge in [0.1, 0.15) is 11.8 Å². The second kappa shape index (κ2) is 8.79. The van der Waals surface area contributed by atoms with E-state index in [2.05, 4.69) is 6.92 Å². The third-order valence-electron chi connectivity index (χ3n) is 6.93. The van der Waals surface area contributed by atoms with Gasteiger partial charge in [-0.15, -0.1) is 0 Å². The summed E-state index contributed by atoms with van der Waals surface area (Å²) >= 11 is 6.14. The van der Waals surface area contributed by atoms with Crippen LogP contribution in [0.3, 0.4) is 0 Å². The number of rotatable bonds is 2. The molecule has 2 saturated heterocycles. The highest BCUT2D eigenvalue weighted by Crippen LogP contribution is 2.43. The number of ether oxygens (including phenoxy) is 1. The number of halogens is 1. The fourth-order valence-electron chi connectivity index (χ4n) is 4.98. The first-order valence-electron chi connectivity index (χ1n) is 11.1. The molecule has 1 atom stereocenters. The summed E-state index contributed by atoms with van der Waals surface area (Å²) < 4.78 is 6.26. The predicted molar refractivity (Wildman–Crippen MR) is 117 cm³/mol. The van der Waals surface area contributed by atoms with Crippen molar-refractivity contribution in [2.45, 2.75) is 51.3 Å². The van der Waals surface area contributed by atoms with Crippen molar-refractivity contribution in [3.8, 4) is 0 Å². The van der Waals surface area contributed by atoms with E-state index in [-0.39, 0.29) is 24.3 Å². The molecule has 0 radical (unpaired) electrons. The molecule has 0 bridgehead atoms. The largest absolute Gasteiger partial charge is 0.353 e. The van der Waals surface area contributed by atoms with Gasteiger partial charge >= 0.3 is 0 Å². The van der Waals surface area contributed by atoms with Crippen LogP contribution in [0.2, 0.25) is 5.02 Å². The summed E-state index contributed by atoms with van der Waals surface area (Å²) in [6.45, 7) is 5.92. The zero-order valence-electron chi connectivity index (χ0n) is 18.2. The van der Waals surface area contributed by atoms with Crippen LogP contribution in [0.4, 0.5) is 0 Å². The van der Waals surface area contributed by atoms with E-state index in [1.54, 1.807) is 45.9 Å². The highest BCUT2D eigenvalue weighted by molar-refractivity contribution is 6.31. The van der Waals surface area contributed by atoms with Gasteiger partial charge in [0, 0.05) is 43.7 Å². The molecule has 31 heavy (non-hydrogen) atoms. The number of carbonyl (C=O) groups is 3. The van der Waals surface area contributed by atoms with Gasteiger partial charge in [-0.3, -0.25) is 19.3 Å². The third kappa shape index (κ3) is 4.30. The van der Waals surface area contributed by atoms with Crippen molar-refractivity contribution < 1.29 is 19.1 Å². The first-order chi connectivity index (χ1) is 14.8. The van der Waals surface area contributed by atoms with Gasteiger partial charge in [-0.25, -0.2) is 0 Å². The maximum absolute atomic E-state index is 13.7. The summed E-state index contributed by atoms with van der Waals surface area (Å²) in [5.41, 5.74) is -0.275. The molecule has 0 N–H and O–H groups in total. The Hall–Kier alpha value is -2.12. The maximum atomic E-state index is 13.7. The summed E-state index contributed by atoms with van der Waals surface area (Å²) in [7, 11) is 0. The van der Waals surface area contributed by atoms with Gasteiger partial charge in [-0.2, -0.15) is 0 Å². The number of hydrogen-bond acceptors (Lipinski definition) is 4. The molecule has 1 saturated carbocycles. The molecular weight excluding hydrogens is 418 g/mol. The number of carbonyl (C=O) groups excluding carboxylic acids is 3. The molecule has 3 aliphatic rings. The van der Waals surface area contributed by atoms with Gasteiger partial charge < -0.3 is 14.5 Å². The van der Waals surface area contributed by atoms with Gasteiger partial charge in [0.25, 0.3) is 5.91 Å². The summed E-state index contributed by atoms with van der Waals surface area (Å²) in [5, 5.41) is 0.487. The Morgan fingerprint density at radius 1 is 1.06 bits per heavy atom. The zero-order valence-corrected chi connectivity index (χ0v) is 18.9. The van der Waals surface area contributed by atoms with E-state index in [0.29, 0.717) is 42.7 Å². The number of nitrogens with zero attached hydrogens (tertiary/aromatic N) is 3. The highest BCUT2D eigenvalue weighted by Gasteiger charge is 2.54. The van der Waals surface area contributed by atoms with Gasteiger partial charge in [0.15, 0.2) is 0 Å². The maximum Gasteiger partial charge on any atom is 0.256 e. The lowest BCUT2D eigenvalue weighted by atomic mass is 9.83. The van der Waals surface area contributed by atoms with Gasteiger partial charge in [-0.1, -0.05) is 24.6 Å². The van der Waals surface area contributed by atoms with Gasteiger partial charge in [0.05, 0.1) is 6.61 Å². The van der Waals surface area contributed by atoms with E-state index in [4.69, 9.17) is 16.3 Å². The second-order valence-corrected chi connectivity index (χ2v) is 9.41. The van der Waals surface area contributed by atoms with Crippen LogP contribution in [0.5, 0.6) is 0 Å². The first kappa shape index (κ1) is 22.1. The van der Waals surface area contributed by atoms with Crippen LogP contribution in [-0.4, -0.2) is 77.0 Å². The van der Waals surface area contributed by atoms with Crippen LogP contribution in [-0.2, 0) is 14.3 Å². The van der Waals surface area contributed by atoms with Gasteiger partial charge in [0.2, 0.25) is 11.8 Å². The van der Waals surface area contributed by atoms with Crippen molar-refractivity contribution >= 4 is 29.3 Å². The van der Waals surface area contributed by atoms with E-state index in [1.807, 2.05) is 0 Å². The SMILES string of the molecule is CC(=O)N1CCN(C(=O)[C@@H]2COC3(CCC(C)CC3)N2C(=O)c2cccc(Cl)c2)CC1. The fraction of sp³-hybridized carbons (Fsp3) is 0.609. The Morgan fingerprint density at radius 2 is 1.71 bits per heavy atom. The van der Waals surface area contributed by atoms with Crippen molar-refractivity contribution in [3.63, 3.8) is 0 Å². The molecule has 1 aliphatic carbocycles. The van der Waals surface area contributed by atoms with Crippen LogP contribution in [0, 0.1) is 5.92 Å². The van der Waals surface area contributed by atoms with Gasteiger partial charge in [-0.05, 0) is 49.8 Å². The minimum atomic E-state index is -0.743. The fourth-order valence-corrected chi connectivity index (χ4v) is 5.17. The average Bonchev–Trinajstić information content (AvgIpc) is 3.13. The molecule has 2 aliphatic heterocycles. The predicted octanol–water partition coefficient (Wildman–Crippen LogP) is 2.78. The summed E-state index contributed by atoms with van der Waals surface area (Å²) in [4.78, 5) is 44.0. The number of piperazine rings is 1. The minimum Gasteiger partial charge on any atom is -0.353 e. The van der Waals surface area contributed by atoms with Crippen LogP contribution >= 0.6 is 11.6 Å². The molecule has 8 heteroatoms. The molecule has 1 aromatic rings. The van der Waals surface area contributed by atoms with E-state index >= 15 is 0 Å². The molecule has 1 spiro atoms. The normalized spacial score (nSPS) is 28.8. The van der Waals surface area contributed by atoms with Crippen LogP contribution in [0.1, 0.15) is 49.9 Å². The lowest BCUT2D eigenvalue weighted by Crippen LogP contribution is -2.59. The number of benzene rings is 1. The quantitative estimate of drug-likeness (QED) is 0.699. The second-order valence-electron chi connectivity index (χ2n) is 8.97. The Kier molecular flexibility index (Phi) is 6.26. The number of hydrogen-bond donors (Lipinski definition) is 0.